The van der Waals surface area contributed by atoms with E-state index in [0.717, 1.165) is 6.42 Å². The largest absolute Gasteiger partial charge is 0.0801 e. The highest BCUT2D eigenvalue weighted by molar-refractivity contribution is 5.62. The zero-order valence-electron chi connectivity index (χ0n) is 16.1. The molecule has 0 saturated heterocycles. The van der Waals surface area contributed by atoms with Crippen LogP contribution in [0.3, 0.4) is 0 Å². The van der Waals surface area contributed by atoms with Gasteiger partial charge in [0, 0.05) is 0 Å². The van der Waals surface area contributed by atoms with Crippen LogP contribution in [0.5, 0.6) is 0 Å². The molecular formula is C27H26. The predicted octanol–water partition coefficient (Wildman–Crippen LogP) is 6.93. The second-order valence-electron chi connectivity index (χ2n) is 7.54. The second-order valence-corrected chi connectivity index (χ2v) is 7.54. The summed E-state index contributed by atoms with van der Waals surface area (Å²) in [6, 6.07) is 33.0. The lowest BCUT2D eigenvalue weighted by Gasteiger charge is -2.39. The van der Waals surface area contributed by atoms with Crippen LogP contribution in [0.2, 0.25) is 0 Å². The van der Waals surface area contributed by atoms with Gasteiger partial charge in [0.05, 0.1) is 5.41 Å². The second kappa shape index (κ2) is 7.40. The van der Waals surface area contributed by atoms with Crippen molar-refractivity contribution in [2.75, 3.05) is 0 Å². The summed E-state index contributed by atoms with van der Waals surface area (Å²) < 4.78 is 0. The molecule has 0 spiro atoms. The Balaban J connectivity index is 2.13. The number of allylic oxidation sites excluding steroid dienone is 4. The first-order valence-electron chi connectivity index (χ1n) is 9.81. The van der Waals surface area contributed by atoms with Gasteiger partial charge < -0.3 is 0 Å². The molecule has 3 aromatic carbocycles. The Morgan fingerprint density at radius 3 is 1.41 bits per heavy atom. The Kier molecular flexibility index (Phi) is 4.81. The highest BCUT2D eigenvalue weighted by Gasteiger charge is 2.41. The SMILES string of the molecule is CC(C)C1=C(C(c2ccccc2)(c2ccccc2)c2ccccc2)CC=C1. The van der Waals surface area contributed by atoms with Crippen molar-refractivity contribution in [3.05, 3.63) is 131 Å². The van der Waals surface area contributed by atoms with Crippen LogP contribution in [0.15, 0.2) is 114 Å². The lowest BCUT2D eigenvalue weighted by Crippen LogP contribution is -2.32. The third kappa shape index (κ3) is 2.96. The standard InChI is InChI=1S/C27H26/c1-21(2)25-19-12-20-26(25)27(22-13-6-3-7-14-22,23-15-8-4-9-16-23)24-17-10-5-11-18-24/h3-19,21H,20H2,1-2H3. The molecule has 0 fully saturated rings. The van der Waals surface area contributed by atoms with E-state index in [0.29, 0.717) is 5.92 Å². The molecule has 0 unspecified atom stereocenters. The van der Waals surface area contributed by atoms with Crippen molar-refractivity contribution >= 4 is 0 Å². The molecule has 1 aliphatic rings. The minimum Gasteiger partial charge on any atom is -0.0801 e. The van der Waals surface area contributed by atoms with E-state index in [4.69, 9.17) is 0 Å². The van der Waals surface area contributed by atoms with Crippen LogP contribution in [0.25, 0.3) is 0 Å². The molecule has 0 saturated carbocycles. The van der Waals surface area contributed by atoms with Crippen LogP contribution in [0.1, 0.15) is 37.0 Å². The van der Waals surface area contributed by atoms with Crippen molar-refractivity contribution in [1.82, 2.24) is 0 Å². The van der Waals surface area contributed by atoms with Gasteiger partial charge in [-0.15, -0.1) is 0 Å². The molecule has 27 heavy (non-hydrogen) atoms. The van der Waals surface area contributed by atoms with Crippen molar-refractivity contribution in [2.24, 2.45) is 5.92 Å². The summed E-state index contributed by atoms with van der Waals surface area (Å²) in [5, 5.41) is 0. The molecule has 0 nitrogen and oxygen atoms in total. The minimum atomic E-state index is -0.271. The highest BCUT2D eigenvalue weighted by Crippen LogP contribution is 2.50. The minimum absolute atomic E-state index is 0.271. The zero-order chi connectivity index (χ0) is 18.7. The fraction of sp³-hybridized carbons (Fsp3) is 0.185. The van der Waals surface area contributed by atoms with Crippen molar-refractivity contribution in [3.63, 3.8) is 0 Å². The monoisotopic (exact) mass is 350 g/mol. The first kappa shape index (κ1) is 17.5. The van der Waals surface area contributed by atoms with E-state index in [1.165, 1.54) is 27.8 Å². The quantitative estimate of drug-likeness (QED) is 0.437. The third-order valence-electron chi connectivity index (χ3n) is 5.66. The first-order valence-corrected chi connectivity index (χ1v) is 9.81. The number of benzene rings is 3. The van der Waals surface area contributed by atoms with Gasteiger partial charge in [0.25, 0.3) is 0 Å². The van der Waals surface area contributed by atoms with Gasteiger partial charge in [-0.05, 0) is 40.2 Å². The molecule has 4 rings (SSSR count). The maximum atomic E-state index is 2.34. The van der Waals surface area contributed by atoms with E-state index >= 15 is 0 Å². The fourth-order valence-electron chi connectivity index (χ4n) is 4.52. The van der Waals surface area contributed by atoms with Crippen molar-refractivity contribution in [1.29, 1.82) is 0 Å². The van der Waals surface area contributed by atoms with Gasteiger partial charge in [-0.25, -0.2) is 0 Å². The average Bonchev–Trinajstić information content (AvgIpc) is 3.22. The van der Waals surface area contributed by atoms with Gasteiger partial charge in [0.1, 0.15) is 0 Å². The Bertz CT molecular complexity index is 848. The Morgan fingerprint density at radius 2 is 1.04 bits per heavy atom. The summed E-state index contributed by atoms with van der Waals surface area (Å²) in [6.07, 6.45) is 5.66. The van der Waals surface area contributed by atoms with Gasteiger partial charge in [-0.3, -0.25) is 0 Å². The van der Waals surface area contributed by atoms with Crippen molar-refractivity contribution in [3.8, 4) is 0 Å². The van der Waals surface area contributed by atoms with Crippen LogP contribution in [-0.4, -0.2) is 0 Å². The van der Waals surface area contributed by atoms with E-state index < -0.39 is 0 Å². The summed E-state index contributed by atoms with van der Waals surface area (Å²) in [4.78, 5) is 0. The Morgan fingerprint density at radius 1 is 0.630 bits per heavy atom. The van der Waals surface area contributed by atoms with Crippen LogP contribution >= 0.6 is 0 Å². The van der Waals surface area contributed by atoms with Crippen LogP contribution in [0, 0.1) is 5.92 Å². The molecule has 0 heterocycles. The maximum Gasteiger partial charge on any atom is 0.0670 e. The molecule has 0 aliphatic heterocycles. The summed E-state index contributed by atoms with van der Waals surface area (Å²) in [5.41, 5.74) is 6.69. The molecule has 3 aromatic rings. The molecule has 0 amide bonds. The predicted molar refractivity (Wildman–Crippen MR) is 115 cm³/mol. The van der Waals surface area contributed by atoms with Crippen LogP contribution in [0.4, 0.5) is 0 Å². The lowest BCUT2D eigenvalue weighted by molar-refractivity contribution is 0.675. The van der Waals surface area contributed by atoms with Crippen LogP contribution in [-0.2, 0) is 5.41 Å². The van der Waals surface area contributed by atoms with E-state index in [1.807, 2.05) is 0 Å². The summed E-state index contributed by atoms with van der Waals surface area (Å²) in [7, 11) is 0. The fourth-order valence-corrected chi connectivity index (χ4v) is 4.52. The topological polar surface area (TPSA) is 0 Å². The van der Waals surface area contributed by atoms with Gasteiger partial charge in [-0.1, -0.05) is 117 Å². The molecular weight excluding hydrogens is 324 g/mol. The normalized spacial score (nSPS) is 14.2. The molecule has 134 valence electrons. The van der Waals surface area contributed by atoms with Gasteiger partial charge >= 0.3 is 0 Å². The molecule has 0 N–H and O–H groups in total. The lowest BCUT2D eigenvalue weighted by atomic mass is 9.63. The maximum absolute atomic E-state index is 2.34. The highest BCUT2D eigenvalue weighted by atomic mass is 14.4. The number of hydrogen-bond donors (Lipinski definition) is 0. The van der Waals surface area contributed by atoms with E-state index in [2.05, 4.69) is 117 Å². The molecule has 0 atom stereocenters. The Labute approximate surface area is 162 Å². The average molecular weight is 351 g/mol. The summed E-state index contributed by atoms with van der Waals surface area (Å²) >= 11 is 0. The Hall–Kier alpha value is -2.86. The molecule has 1 aliphatic carbocycles. The zero-order valence-corrected chi connectivity index (χ0v) is 16.1. The molecule has 0 radical (unpaired) electrons. The van der Waals surface area contributed by atoms with Gasteiger partial charge in [-0.2, -0.15) is 0 Å². The van der Waals surface area contributed by atoms with Crippen molar-refractivity contribution in [2.45, 2.75) is 25.7 Å². The van der Waals surface area contributed by atoms with E-state index in [9.17, 15) is 0 Å². The third-order valence-corrected chi connectivity index (χ3v) is 5.66. The van der Waals surface area contributed by atoms with E-state index in [1.54, 1.807) is 0 Å². The van der Waals surface area contributed by atoms with Crippen LogP contribution < -0.4 is 0 Å². The molecule has 0 bridgehead atoms. The first-order chi connectivity index (χ1) is 13.2. The smallest absolute Gasteiger partial charge is 0.0670 e. The molecule has 0 heteroatoms. The van der Waals surface area contributed by atoms with Gasteiger partial charge in [0.15, 0.2) is 0 Å². The van der Waals surface area contributed by atoms with Crippen molar-refractivity contribution < 1.29 is 0 Å². The van der Waals surface area contributed by atoms with Gasteiger partial charge in [0.2, 0.25) is 0 Å². The summed E-state index contributed by atoms with van der Waals surface area (Å²) in [6.45, 7) is 4.60. The molecule has 0 aromatic heterocycles. The number of rotatable bonds is 5. The number of hydrogen-bond acceptors (Lipinski definition) is 0. The van der Waals surface area contributed by atoms with E-state index in [-0.39, 0.29) is 5.41 Å². The summed E-state index contributed by atoms with van der Waals surface area (Å²) in [5.74, 6) is 0.495.